The number of hydrogen-bond donors (Lipinski definition) is 2. The highest BCUT2D eigenvalue weighted by Gasteiger charge is 2.10. The average molecular weight is 290 g/mol. The van der Waals surface area contributed by atoms with E-state index in [0.717, 1.165) is 10.6 Å². The van der Waals surface area contributed by atoms with E-state index in [0.29, 0.717) is 0 Å². The molecule has 2 aromatic rings. The second-order valence-electron chi connectivity index (χ2n) is 4.21. The molecule has 0 unspecified atom stereocenters. The Morgan fingerprint density at radius 1 is 1.24 bits per heavy atom. The highest BCUT2D eigenvalue weighted by atomic mass is 19.1. The number of halogens is 1. The zero-order valence-electron chi connectivity index (χ0n) is 10.7. The van der Waals surface area contributed by atoms with Crippen LogP contribution in [0.4, 0.5) is 10.1 Å². The molecule has 1 amide bonds. The second-order valence-corrected chi connectivity index (χ2v) is 4.21. The third kappa shape index (κ3) is 3.53. The van der Waals surface area contributed by atoms with Crippen LogP contribution >= 0.6 is 0 Å². The van der Waals surface area contributed by atoms with Crippen molar-refractivity contribution in [3.8, 4) is 0 Å². The molecule has 0 atom stereocenters. The van der Waals surface area contributed by atoms with E-state index in [1.165, 1.54) is 30.5 Å². The van der Waals surface area contributed by atoms with Crippen molar-refractivity contribution in [1.29, 1.82) is 0 Å². The SMILES string of the molecule is O=C(Cn1ccc(C(=O)O)cc1=O)Nc1ccccc1F. The average Bonchev–Trinajstić information content (AvgIpc) is 2.43. The van der Waals surface area contributed by atoms with Gasteiger partial charge in [-0.05, 0) is 18.2 Å². The number of rotatable bonds is 4. The molecule has 0 aliphatic rings. The van der Waals surface area contributed by atoms with E-state index >= 15 is 0 Å². The number of pyridine rings is 1. The lowest BCUT2D eigenvalue weighted by Gasteiger charge is -2.08. The number of aromatic nitrogens is 1. The van der Waals surface area contributed by atoms with Crippen LogP contribution in [0.5, 0.6) is 0 Å². The minimum Gasteiger partial charge on any atom is -0.478 e. The quantitative estimate of drug-likeness (QED) is 0.889. The number of carboxylic acid groups (broad SMARTS) is 1. The Morgan fingerprint density at radius 3 is 2.57 bits per heavy atom. The van der Waals surface area contributed by atoms with Gasteiger partial charge in [0.05, 0.1) is 11.3 Å². The summed E-state index contributed by atoms with van der Waals surface area (Å²) < 4.78 is 14.4. The number of carboxylic acids is 1. The van der Waals surface area contributed by atoms with E-state index < -0.39 is 23.3 Å². The Kier molecular flexibility index (Phi) is 4.13. The van der Waals surface area contributed by atoms with Crippen LogP contribution in [0.2, 0.25) is 0 Å². The number of amides is 1. The molecule has 7 heteroatoms. The number of nitrogens with one attached hydrogen (secondary N) is 1. The lowest BCUT2D eigenvalue weighted by molar-refractivity contribution is -0.116. The maximum Gasteiger partial charge on any atom is 0.335 e. The highest BCUT2D eigenvalue weighted by molar-refractivity contribution is 5.90. The summed E-state index contributed by atoms with van der Waals surface area (Å²) in [4.78, 5) is 34.1. The molecular weight excluding hydrogens is 279 g/mol. The zero-order chi connectivity index (χ0) is 15.4. The summed E-state index contributed by atoms with van der Waals surface area (Å²) in [6, 6.07) is 7.76. The number of carbonyl (C=O) groups excluding carboxylic acids is 1. The fourth-order valence-electron chi connectivity index (χ4n) is 1.68. The van der Waals surface area contributed by atoms with Crippen LogP contribution in [0.1, 0.15) is 10.4 Å². The maximum atomic E-state index is 13.4. The largest absolute Gasteiger partial charge is 0.478 e. The summed E-state index contributed by atoms with van der Waals surface area (Å²) >= 11 is 0. The molecule has 0 fully saturated rings. The van der Waals surface area contributed by atoms with Crippen molar-refractivity contribution < 1.29 is 19.1 Å². The minimum atomic E-state index is -1.23. The van der Waals surface area contributed by atoms with Gasteiger partial charge >= 0.3 is 5.97 Å². The van der Waals surface area contributed by atoms with Gasteiger partial charge in [0.15, 0.2) is 0 Å². The molecule has 1 aromatic heterocycles. The number of hydrogen-bond acceptors (Lipinski definition) is 3. The van der Waals surface area contributed by atoms with Gasteiger partial charge in [-0.1, -0.05) is 12.1 Å². The molecule has 1 aromatic carbocycles. The molecular formula is C14H11FN2O4. The Hall–Kier alpha value is -2.96. The van der Waals surface area contributed by atoms with Crippen molar-refractivity contribution in [2.24, 2.45) is 0 Å². The van der Waals surface area contributed by atoms with Crippen LogP contribution in [0.3, 0.4) is 0 Å². The first-order valence-electron chi connectivity index (χ1n) is 5.95. The molecule has 2 rings (SSSR count). The van der Waals surface area contributed by atoms with Crippen LogP contribution in [-0.4, -0.2) is 21.6 Å². The van der Waals surface area contributed by atoms with Crippen LogP contribution < -0.4 is 10.9 Å². The van der Waals surface area contributed by atoms with Crippen molar-refractivity contribution in [2.75, 3.05) is 5.32 Å². The minimum absolute atomic E-state index is 0.0118. The number of benzene rings is 1. The van der Waals surface area contributed by atoms with Gasteiger partial charge < -0.3 is 15.0 Å². The summed E-state index contributed by atoms with van der Waals surface area (Å²) in [7, 11) is 0. The van der Waals surface area contributed by atoms with E-state index in [1.807, 2.05) is 0 Å². The van der Waals surface area contributed by atoms with Gasteiger partial charge in [-0.3, -0.25) is 9.59 Å². The molecule has 21 heavy (non-hydrogen) atoms. The fraction of sp³-hybridized carbons (Fsp3) is 0.0714. The number of para-hydroxylation sites is 1. The number of anilines is 1. The highest BCUT2D eigenvalue weighted by Crippen LogP contribution is 2.12. The van der Waals surface area contributed by atoms with Crippen molar-refractivity contribution in [3.63, 3.8) is 0 Å². The molecule has 108 valence electrons. The molecule has 0 radical (unpaired) electrons. The molecule has 0 aliphatic carbocycles. The molecule has 1 heterocycles. The van der Waals surface area contributed by atoms with Gasteiger partial charge in [-0.25, -0.2) is 9.18 Å². The van der Waals surface area contributed by atoms with Crippen molar-refractivity contribution in [3.05, 3.63) is 64.3 Å². The van der Waals surface area contributed by atoms with Gasteiger partial charge in [0.25, 0.3) is 5.56 Å². The molecule has 0 aliphatic heterocycles. The van der Waals surface area contributed by atoms with Gasteiger partial charge in [0.2, 0.25) is 5.91 Å². The van der Waals surface area contributed by atoms with Gasteiger partial charge in [0, 0.05) is 12.3 Å². The Balaban J connectivity index is 2.12. The first-order valence-corrected chi connectivity index (χ1v) is 5.95. The molecule has 0 saturated carbocycles. The molecule has 0 bridgehead atoms. The second kappa shape index (κ2) is 6.00. The predicted molar refractivity (Wildman–Crippen MR) is 72.7 cm³/mol. The predicted octanol–water partition coefficient (Wildman–Crippen LogP) is 1.32. The van der Waals surface area contributed by atoms with Crippen LogP contribution in [0.15, 0.2) is 47.4 Å². The smallest absolute Gasteiger partial charge is 0.335 e. The third-order valence-corrected chi connectivity index (χ3v) is 2.70. The first kappa shape index (κ1) is 14.4. The summed E-state index contributed by atoms with van der Waals surface area (Å²) in [6.07, 6.45) is 1.20. The third-order valence-electron chi connectivity index (χ3n) is 2.70. The normalized spacial score (nSPS) is 10.1. The summed E-state index contributed by atoms with van der Waals surface area (Å²) in [5, 5.41) is 11.1. The van der Waals surface area contributed by atoms with Crippen LogP contribution in [0, 0.1) is 5.82 Å². The van der Waals surface area contributed by atoms with Crippen LogP contribution in [0.25, 0.3) is 0 Å². The van der Waals surface area contributed by atoms with Crippen molar-refractivity contribution >= 4 is 17.6 Å². The summed E-state index contributed by atoms with van der Waals surface area (Å²) in [6.45, 7) is -0.340. The fourth-order valence-corrected chi connectivity index (χ4v) is 1.68. The molecule has 0 saturated heterocycles. The summed E-state index contributed by atoms with van der Waals surface area (Å²) in [5.74, 6) is -2.40. The van der Waals surface area contributed by atoms with E-state index in [-0.39, 0.29) is 17.8 Å². The first-order chi connectivity index (χ1) is 9.97. The zero-order valence-corrected chi connectivity index (χ0v) is 10.7. The van der Waals surface area contributed by atoms with E-state index in [9.17, 15) is 18.8 Å². The Morgan fingerprint density at radius 2 is 1.95 bits per heavy atom. The topological polar surface area (TPSA) is 88.4 Å². The van der Waals surface area contributed by atoms with Crippen LogP contribution in [-0.2, 0) is 11.3 Å². The van der Waals surface area contributed by atoms with E-state index in [1.54, 1.807) is 6.07 Å². The summed E-state index contributed by atoms with van der Waals surface area (Å²) in [5.41, 5.74) is -0.776. The Bertz CT molecular complexity index is 755. The standard InChI is InChI=1S/C14H11FN2O4/c15-10-3-1-2-4-11(10)16-12(18)8-17-6-5-9(14(20)21)7-13(17)19/h1-7H,8H2,(H,16,18)(H,20,21). The number of aromatic carboxylic acids is 1. The van der Waals surface area contributed by atoms with Gasteiger partial charge in [-0.2, -0.15) is 0 Å². The monoisotopic (exact) mass is 290 g/mol. The molecule has 6 nitrogen and oxygen atoms in total. The van der Waals surface area contributed by atoms with Gasteiger partial charge in [0.1, 0.15) is 12.4 Å². The molecule has 2 N–H and O–H groups in total. The number of nitrogens with zero attached hydrogens (tertiary/aromatic N) is 1. The lowest BCUT2D eigenvalue weighted by Crippen LogP contribution is -2.27. The van der Waals surface area contributed by atoms with E-state index in [2.05, 4.69) is 5.32 Å². The van der Waals surface area contributed by atoms with Gasteiger partial charge in [-0.15, -0.1) is 0 Å². The maximum absolute atomic E-state index is 13.4. The lowest BCUT2D eigenvalue weighted by atomic mass is 10.2. The van der Waals surface area contributed by atoms with Crippen molar-refractivity contribution in [2.45, 2.75) is 6.54 Å². The molecule has 0 spiro atoms. The number of carbonyl (C=O) groups is 2. The van der Waals surface area contributed by atoms with E-state index in [4.69, 9.17) is 5.11 Å². The Labute approximate surface area is 118 Å². The van der Waals surface area contributed by atoms with Crippen molar-refractivity contribution in [1.82, 2.24) is 4.57 Å².